The third-order valence-electron chi connectivity index (χ3n) is 4.09. The molecule has 2 heterocycles. The smallest absolute Gasteiger partial charge is 0.215 e. The number of piperazine rings is 1. The molecule has 0 aliphatic carbocycles. The Balaban J connectivity index is 1.84. The van der Waals surface area contributed by atoms with Gasteiger partial charge in [0.2, 0.25) is 10.0 Å². The van der Waals surface area contributed by atoms with E-state index < -0.39 is 10.0 Å². The highest BCUT2D eigenvalue weighted by molar-refractivity contribution is 7.89. The van der Waals surface area contributed by atoms with Crippen molar-refractivity contribution in [3.8, 4) is 0 Å². The van der Waals surface area contributed by atoms with E-state index in [0.717, 1.165) is 26.2 Å². The van der Waals surface area contributed by atoms with E-state index in [1.54, 1.807) is 4.31 Å². The summed E-state index contributed by atoms with van der Waals surface area (Å²) in [6.45, 7) is 7.13. The van der Waals surface area contributed by atoms with Gasteiger partial charge in [0, 0.05) is 45.8 Å². The number of sulfonamides is 1. The number of nitrogens with zero attached hydrogens (tertiary/aromatic N) is 2. The second-order valence-corrected chi connectivity index (χ2v) is 7.69. The van der Waals surface area contributed by atoms with Crippen molar-refractivity contribution < 1.29 is 13.5 Å². The summed E-state index contributed by atoms with van der Waals surface area (Å²) < 4.78 is 26.1. The molecule has 2 fully saturated rings. The molecule has 2 rings (SSSR count). The SMILES string of the molecule is CC1CN(S(=O)(=O)CCN2CCNCC2)CCC1O. The minimum absolute atomic E-state index is 0.0303. The van der Waals surface area contributed by atoms with Gasteiger partial charge in [-0.25, -0.2) is 12.7 Å². The Morgan fingerprint density at radius 1 is 1.26 bits per heavy atom. The molecule has 0 spiro atoms. The van der Waals surface area contributed by atoms with E-state index >= 15 is 0 Å². The molecule has 2 aliphatic heterocycles. The average Bonchev–Trinajstić information content (AvgIpc) is 2.41. The molecule has 2 atom stereocenters. The first-order chi connectivity index (χ1) is 8.99. The lowest BCUT2D eigenvalue weighted by atomic mass is 9.99. The predicted octanol–water partition coefficient (Wildman–Crippen LogP) is -1.08. The van der Waals surface area contributed by atoms with Gasteiger partial charge in [-0.3, -0.25) is 4.90 Å². The Labute approximate surface area is 115 Å². The van der Waals surface area contributed by atoms with Crippen LogP contribution in [0.25, 0.3) is 0 Å². The molecule has 0 amide bonds. The van der Waals surface area contributed by atoms with Crippen molar-refractivity contribution >= 4 is 10.0 Å². The molecule has 0 radical (unpaired) electrons. The van der Waals surface area contributed by atoms with Gasteiger partial charge in [-0.15, -0.1) is 0 Å². The van der Waals surface area contributed by atoms with Gasteiger partial charge in [-0.2, -0.15) is 0 Å². The number of hydrogen-bond acceptors (Lipinski definition) is 5. The quantitative estimate of drug-likeness (QED) is 0.690. The Hall–Kier alpha value is -0.210. The van der Waals surface area contributed by atoms with Crippen molar-refractivity contribution in [3.63, 3.8) is 0 Å². The van der Waals surface area contributed by atoms with Crippen LogP contribution in [0.15, 0.2) is 0 Å². The maximum atomic E-state index is 12.3. The lowest BCUT2D eigenvalue weighted by Crippen LogP contribution is -2.49. The summed E-state index contributed by atoms with van der Waals surface area (Å²) in [6.07, 6.45) is 0.188. The van der Waals surface area contributed by atoms with Crippen LogP contribution in [0.4, 0.5) is 0 Å². The van der Waals surface area contributed by atoms with Gasteiger partial charge in [-0.05, 0) is 12.3 Å². The van der Waals surface area contributed by atoms with Crippen LogP contribution in [-0.2, 0) is 10.0 Å². The van der Waals surface area contributed by atoms with Crippen LogP contribution in [0.1, 0.15) is 13.3 Å². The van der Waals surface area contributed by atoms with E-state index in [4.69, 9.17) is 0 Å². The fraction of sp³-hybridized carbons (Fsp3) is 1.00. The van der Waals surface area contributed by atoms with E-state index in [9.17, 15) is 13.5 Å². The Kier molecular flexibility index (Phi) is 5.19. The third-order valence-corrected chi connectivity index (χ3v) is 5.91. The largest absolute Gasteiger partial charge is 0.393 e. The number of piperidine rings is 1. The molecule has 0 saturated carbocycles. The molecule has 2 N–H and O–H groups in total. The number of aliphatic hydroxyl groups excluding tert-OH is 1. The Bertz CT molecular complexity index is 382. The van der Waals surface area contributed by atoms with Gasteiger partial charge in [0.25, 0.3) is 0 Å². The summed E-state index contributed by atoms with van der Waals surface area (Å²) >= 11 is 0. The maximum absolute atomic E-state index is 12.3. The zero-order chi connectivity index (χ0) is 13.9. The highest BCUT2D eigenvalue weighted by Crippen LogP contribution is 2.19. The zero-order valence-electron chi connectivity index (χ0n) is 11.6. The molecule has 0 aromatic heterocycles. The van der Waals surface area contributed by atoms with Gasteiger partial charge in [0.1, 0.15) is 0 Å². The molecular formula is C12H25N3O3S. The summed E-state index contributed by atoms with van der Waals surface area (Å²) in [5.74, 6) is 0.221. The molecule has 2 aliphatic rings. The van der Waals surface area contributed by atoms with Crippen molar-refractivity contribution in [3.05, 3.63) is 0 Å². The molecule has 6 nitrogen and oxygen atoms in total. The van der Waals surface area contributed by atoms with Gasteiger partial charge < -0.3 is 10.4 Å². The van der Waals surface area contributed by atoms with Crippen LogP contribution in [0.5, 0.6) is 0 Å². The van der Waals surface area contributed by atoms with Crippen LogP contribution < -0.4 is 5.32 Å². The molecular weight excluding hydrogens is 266 g/mol. The second-order valence-electron chi connectivity index (χ2n) is 5.60. The lowest BCUT2D eigenvalue weighted by Gasteiger charge is -2.34. The standard InChI is InChI=1S/C12H25N3O3S/c1-11-10-15(5-2-12(11)16)19(17,18)9-8-14-6-3-13-4-7-14/h11-13,16H,2-10H2,1H3. The summed E-state index contributed by atoms with van der Waals surface area (Å²) in [5, 5.41) is 12.9. The van der Waals surface area contributed by atoms with Crippen molar-refractivity contribution in [2.75, 3.05) is 51.6 Å². The molecule has 2 saturated heterocycles. The fourth-order valence-corrected chi connectivity index (χ4v) is 4.25. The van der Waals surface area contributed by atoms with Gasteiger partial charge in [0.05, 0.1) is 11.9 Å². The summed E-state index contributed by atoms with van der Waals surface area (Å²) in [6, 6.07) is 0. The van der Waals surface area contributed by atoms with Crippen LogP contribution in [0.2, 0.25) is 0 Å². The molecule has 19 heavy (non-hydrogen) atoms. The summed E-state index contributed by atoms with van der Waals surface area (Å²) in [5.41, 5.74) is 0. The maximum Gasteiger partial charge on any atom is 0.215 e. The van der Waals surface area contributed by atoms with Crippen LogP contribution in [-0.4, -0.2) is 80.4 Å². The molecule has 0 bridgehead atoms. The Morgan fingerprint density at radius 2 is 1.95 bits per heavy atom. The van der Waals surface area contributed by atoms with E-state index in [2.05, 4.69) is 10.2 Å². The number of rotatable bonds is 4. The van der Waals surface area contributed by atoms with Crippen molar-refractivity contribution in [2.45, 2.75) is 19.4 Å². The van der Waals surface area contributed by atoms with Crippen LogP contribution in [0, 0.1) is 5.92 Å². The van der Waals surface area contributed by atoms with E-state index in [1.165, 1.54) is 0 Å². The molecule has 0 aromatic rings. The van der Waals surface area contributed by atoms with Crippen LogP contribution in [0.3, 0.4) is 0 Å². The summed E-state index contributed by atoms with van der Waals surface area (Å²) in [7, 11) is -3.18. The van der Waals surface area contributed by atoms with E-state index in [-0.39, 0.29) is 17.8 Å². The third kappa shape index (κ3) is 4.13. The second kappa shape index (κ2) is 6.49. The highest BCUT2D eigenvalue weighted by Gasteiger charge is 2.31. The van der Waals surface area contributed by atoms with Crippen molar-refractivity contribution in [1.29, 1.82) is 0 Å². The minimum Gasteiger partial charge on any atom is -0.393 e. The zero-order valence-corrected chi connectivity index (χ0v) is 12.4. The van der Waals surface area contributed by atoms with Gasteiger partial charge >= 0.3 is 0 Å². The normalized spacial score (nSPS) is 31.5. The van der Waals surface area contributed by atoms with E-state index in [0.29, 0.717) is 26.1 Å². The first-order valence-electron chi connectivity index (χ1n) is 7.08. The molecule has 112 valence electrons. The average molecular weight is 291 g/mol. The monoisotopic (exact) mass is 291 g/mol. The molecule has 0 aromatic carbocycles. The van der Waals surface area contributed by atoms with Gasteiger partial charge in [0.15, 0.2) is 0 Å². The van der Waals surface area contributed by atoms with Gasteiger partial charge in [-0.1, -0.05) is 6.92 Å². The van der Waals surface area contributed by atoms with Crippen molar-refractivity contribution in [1.82, 2.24) is 14.5 Å². The molecule has 2 unspecified atom stereocenters. The lowest BCUT2D eigenvalue weighted by molar-refractivity contribution is 0.0628. The van der Waals surface area contributed by atoms with E-state index in [1.807, 2.05) is 6.92 Å². The highest BCUT2D eigenvalue weighted by atomic mass is 32.2. The Morgan fingerprint density at radius 3 is 2.58 bits per heavy atom. The fourth-order valence-electron chi connectivity index (χ4n) is 2.66. The predicted molar refractivity (Wildman–Crippen MR) is 74.5 cm³/mol. The summed E-state index contributed by atoms with van der Waals surface area (Å²) in [4.78, 5) is 2.19. The topological polar surface area (TPSA) is 72.9 Å². The van der Waals surface area contributed by atoms with Crippen LogP contribution >= 0.6 is 0 Å². The first kappa shape index (κ1) is 15.2. The number of nitrogens with one attached hydrogen (secondary N) is 1. The minimum atomic E-state index is -3.18. The van der Waals surface area contributed by atoms with Crippen molar-refractivity contribution in [2.24, 2.45) is 5.92 Å². The number of aliphatic hydroxyl groups is 1. The number of hydrogen-bond donors (Lipinski definition) is 2. The first-order valence-corrected chi connectivity index (χ1v) is 8.69. The molecule has 7 heteroatoms.